The summed E-state index contributed by atoms with van der Waals surface area (Å²) in [7, 11) is 3.44. The van der Waals surface area contributed by atoms with Gasteiger partial charge in [0.1, 0.15) is 0 Å². The quantitative estimate of drug-likeness (QED) is 0.665. The van der Waals surface area contributed by atoms with Gasteiger partial charge in [-0.1, -0.05) is 12.8 Å². The van der Waals surface area contributed by atoms with Gasteiger partial charge < -0.3 is 9.47 Å². The van der Waals surface area contributed by atoms with Crippen molar-refractivity contribution in [3.63, 3.8) is 0 Å². The zero-order valence-electron chi connectivity index (χ0n) is 10.00. The number of methoxy groups -OCH3 is 2. The van der Waals surface area contributed by atoms with Gasteiger partial charge in [-0.3, -0.25) is 4.90 Å². The second-order valence-corrected chi connectivity index (χ2v) is 5.09. The molecule has 1 saturated carbocycles. The normalized spacial score (nSPS) is 25.8. The smallest absolute Gasteiger partial charge is 0.169 e. The van der Waals surface area contributed by atoms with Crippen LogP contribution in [0.5, 0.6) is 0 Å². The van der Waals surface area contributed by atoms with E-state index in [1.165, 1.54) is 45.2 Å². The fourth-order valence-corrected chi connectivity index (χ4v) is 3.17. The molecule has 0 aromatic heterocycles. The second kappa shape index (κ2) is 4.81. The molecule has 2 aliphatic rings. The molecule has 0 radical (unpaired) electrons. The molecule has 3 heteroatoms. The van der Waals surface area contributed by atoms with Crippen molar-refractivity contribution >= 4 is 0 Å². The summed E-state index contributed by atoms with van der Waals surface area (Å²) in [6.45, 7) is 3.41. The number of rotatable bonds is 4. The molecule has 88 valence electrons. The monoisotopic (exact) mass is 213 g/mol. The first-order valence-corrected chi connectivity index (χ1v) is 6.06. The van der Waals surface area contributed by atoms with Crippen molar-refractivity contribution in [2.45, 2.75) is 38.4 Å². The lowest BCUT2D eigenvalue weighted by molar-refractivity contribution is -0.114. The van der Waals surface area contributed by atoms with Crippen molar-refractivity contribution in [3.8, 4) is 0 Å². The van der Waals surface area contributed by atoms with E-state index in [9.17, 15) is 0 Å². The molecule has 2 fully saturated rings. The Bertz CT molecular complexity index is 198. The number of hydrogen-bond donors (Lipinski definition) is 0. The molecule has 1 spiro atoms. The summed E-state index contributed by atoms with van der Waals surface area (Å²) >= 11 is 0. The molecule has 1 heterocycles. The molecule has 0 N–H and O–H groups in total. The summed E-state index contributed by atoms with van der Waals surface area (Å²) in [6.07, 6.45) is 7.08. The predicted molar refractivity (Wildman–Crippen MR) is 59.8 cm³/mol. The first kappa shape index (κ1) is 11.4. The van der Waals surface area contributed by atoms with Crippen LogP contribution in [0.1, 0.15) is 32.1 Å². The fraction of sp³-hybridized carbons (Fsp3) is 1.00. The average molecular weight is 213 g/mol. The highest BCUT2D eigenvalue weighted by Crippen LogP contribution is 2.45. The zero-order valence-corrected chi connectivity index (χ0v) is 10.00. The first-order valence-electron chi connectivity index (χ1n) is 6.06. The Kier molecular flexibility index (Phi) is 3.65. The van der Waals surface area contributed by atoms with Gasteiger partial charge >= 0.3 is 0 Å². The highest BCUT2D eigenvalue weighted by atomic mass is 16.7. The Morgan fingerprint density at radius 3 is 2.40 bits per heavy atom. The Hall–Kier alpha value is -0.120. The number of hydrogen-bond acceptors (Lipinski definition) is 3. The molecule has 1 saturated heterocycles. The second-order valence-electron chi connectivity index (χ2n) is 5.09. The van der Waals surface area contributed by atoms with Gasteiger partial charge in [0.15, 0.2) is 6.29 Å². The molecular formula is C12H23NO2. The van der Waals surface area contributed by atoms with Crippen LogP contribution in [0.25, 0.3) is 0 Å². The van der Waals surface area contributed by atoms with Crippen molar-refractivity contribution < 1.29 is 9.47 Å². The number of nitrogens with zero attached hydrogens (tertiary/aromatic N) is 1. The molecule has 3 nitrogen and oxygen atoms in total. The first-order chi connectivity index (χ1) is 7.28. The van der Waals surface area contributed by atoms with Gasteiger partial charge in [0, 0.05) is 27.3 Å². The fourth-order valence-electron chi connectivity index (χ4n) is 3.17. The highest BCUT2D eigenvalue weighted by molar-refractivity contribution is 4.93. The molecule has 0 unspecified atom stereocenters. The van der Waals surface area contributed by atoms with E-state index in [1.54, 1.807) is 14.2 Å². The minimum absolute atomic E-state index is 0.0541. The zero-order chi connectivity index (χ0) is 10.7. The minimum atomic E-state index is -0.0541. The van der Waals surface area contributed by atoms with Crippen LogP contribution in [0.3, 0.4) is 0 Å². The summed E-state index contributed by atoms with van der Waals surface area (Å²) in [6, 6.07) is 0. The topological polar surface area (TPSA) is 21.7 Å². The highest BCUT2D eigenvalue weighted by Gasteiger charge is 2.40. The van der Waals surface area contributed by atoms with Crippen molar-refractivity contribution in [1.82, 2.24) is 4.90 Å². The lowest BCUT2D eigenvalue weighted by atomic mass is 9.86. The third-order valence-corrected chi connectivity index (χ3v) is 4.11. The van der Waals surface area contributed by atoms with E-state index < -0.39 is 0 Å². The standard InChI is InChI=1S/C12H23NO2/c1-14-11(15-2)9-13-8-7-12(10-13)5-3-4-6-12/h11H,3-10H2,1-2H3. The van der Waals surface area contributed by atoms with Gasteiger partial charge in [-0.25, -0.2) is 0 Å². The Balaban J connectivity index is 1.81. The Labute approximate surface area is 92.7 Å². The molecule has 15 heavy (non-hydrogen) atoms. The SMILES string of the molecule is COC(CN1CCC2(CCCC2)C1)OC. The lowest BCUT2D eigenvalue weighted by Crippen LogP contribution is -2.34. The van der Waals surface area contributed by atoms with Gasteiger partial charge in [-0.2, -0.15) is 0 Å². The van der Waals surface area contributed by atoms with Crippen LogP contribution in [0.4, 0.5) is 0 Å². The molecular weight excluding hydrogens is 190 g/mol. The molecule has 0 atom stereocenters. The van der Waals surface area contributed by atoms with Crippen LogP contribution in [-0.4, -0.2) is 45.0 Å². The number of ether oxygens (including phenoxy) is 2. The summed E-state index contributed by atoms with van der Waals surface area (Å²) in [5.74, 6) is 0. The molecule has 1 aliphatic heterocycles. The van der Waals surface area contributed by atoms with Crippen molar-refractivity contribution in [2.75, 3.05) is 33.9 Å². The lowest BCUT2D eigenvalue weighted by Gasteiger charge is -2.25. The van der Waals surface area contributed by atoms with Crippen molar-refractivity contribution in [1.29, 1.82) is 0 Å². The van der Waals surface area contributed by atoms with Gasteiger partial charge in [0.25, 0.3) is 0 Å². The summed E-state index contributed by atoms with van der Waals surface area (Å²) in [4.78, 5) is 2.50. The third-order valence-electron chi connectivity index (χ3n) is 4.11. The van der Waals surface area contributed by atoms with Gasteiger partial charge in [-0.05, 0) is 31.2 Å². The van der Waals surface area contributed by atoms with E-state index >= 15 is 0 Å². The van der Waals surface area contributed by atoms with E-state index in [0.29, 0.717) is 5.41 Å². The summed E-state index contributed by atoms with van der Waals surface area (Å²) in [5.41, 5.74) is 0.659. The van der Waals surface area contributed by atoms with E-state index in [4.69, 9.17) is 9.47 Å². The maximum atomic E-state index is 5.25. The summed E-state index contributed by atoms with van der Waals surface area (Å²) in [5, 5.41) is 0. The van der Waals surface area contributed by atoms with Crippen LogP contribution < -0.4 is 0 Å². The van der Waals surface area contributed by atoms with Crippen LogP contribution in [0.2, 0.25) is 0 Å². The minimum Gasteiger partial charge on any atom is -0.355 e. The van der Waals surface area contributed by atoms with Gasteiger partial charge in [0.2, 0.25) is 0 Å². The maximum absolute atomic E-state index is 5.25. The van der Waals surface area contributed by atoms with Crippen LogP contribution >= 0.6 is 0 Å². The van der Waals surface area contributed by atoms with Crippen LogP contribution in [-0.2, 0) is 9.47 Å². The summed E-state index contributed by atoms with van der Waals surface area (Å²) < 4.78 is 10.5. The molecule has 0 aromatic rings. The van der Waals surface area contributed by atoms with E-state index in [-0.39, 0.29) is 6.29 Å². The number of likely N-dealkylation sites (tertiary alicyclic amines) is 1. The van der Waals surface area contributed by atoms with E-state index in [1.807, 2.05) is 0 Å². The van der Waals surface area contributed by atoms with Crippen molar-refractivity contribution in [2.24, 2.45) is 5.41 Å². The third kappa shape index (κ3) is 2.52. The van der Waals surface area contributed by atoms with Crippen LogP contribution in [0, 0.1) is 5.41 Å². The average Bonchev–Trinajstić information content (AvgIpc) is 2.87. The predicted octanol–water partition coefficient (Wildman–Crippen LogP) is 1.87. The molecule has 0 aromatic carbocycles. The van der Waals surface area contributed by atoms with Gasteiger partial charge in [0.05, 0.1) is 0 Å². The molecule has 2 rings (SSSR count). The van der Waals surface area contributed by atoms with Gasteiger partial charge in [-0.15, -0.1) is 0 Å². The molecule has 0 amide bonds. The van der Waals surface area contributed by atoms with Crippen molar-refractivity contribution in [3.05, 3.63) is 0 Å². The molecule has 1 aliphatic carbocycles. The molecule has 0 bridgehead atoms. The Morgan fingerprint density at radius 1 is 1.13 bits per heavy atom. The largest absolute Gasteiger partial charge is 0.355 e. The van der Waals surface area contributed by atoms with Crippen LogP contribution in [0.15, 0.2) is 0 Å². The maximum Gasteiger partial charge on any atom is 0.169 e. The van der Waals surface area contributed by atoms with E-state index in [2.05, 4.69) is 4.90 Å². The van der Waals surface area contributed by atoms with E-state index in [0.717, 1.165) is 6.54 Å². The Morgan fingerprint density at radius 2 is 1.80 bits per heavy atom.